The SMILES string of the molecule is O=S1(=O)NC(C2CCCCC2)=Cc2ccccc21. The van der Waals surface area contributed by atoms with Gasteiger partial charge in [-0.15, -0.1) is 0 Å². The van der Waals surface area contributed by atoms with Gasteiger partial charge in [0, 0.05) is 5.70 Å². The number of sulfonamides is 1. The molecule has 0 aromatic heterocycles. The second-order valence-corrected chi connectivity index (χ2v) is 6.73. The fourth-order valence-electron chi connectivity index (χ4n) is 2.87. The van der Waals surface area contributed by atoms with Crippen LogP contribution in [0.25, 0.3) is 6.08 Å². The lowest BCUT2D eigenvalue weighted by Gasteiger charge is -2.28. The van der Waals surface area contributed by atoms with Gasteiger partial charge < -0.3 is 0 Å². The van der Waals surface area contributed by atoms with Gasteiger partial charge in [-0.25, -0.2) is 8.42 Å². The van der Waals surface area contributed by atoms with Crippen LogP contribution in [-0.4, -0.2) is 8.42 Å². The van der Waals surface area contributed by atoms with Gasteiger partial charge in [0.25, 0.3) is 10.0 Å². The first-order valence-electron chi connectivity index (χ1n) is 6.50. The summed E-state index contributed by atoms with van der Waals surface area (Å²) < 4.78 is 27.1. The third-order valence-corrected chi connectivity index (χ3v) is 5.27. The number of hydrogen-bond acceptors (Lipinski definition) is 2. The summed E-state index contributed by atoms with van der Waals surface area (Å²) in [6, 6.07) is 7.18. The molecular formula is C14H17NO2S. The molecule has 0 unspecified atom stereocenters. The van der Waals surface area contributed by atoms with E-state index in [0.717, 1.165) is 24.1 Å². The van der Waals surface area contributed by atoms with Crippen molar-refractivity contribution >= 4 is 16.1 Å². The minimum atomic E-state index is -3.36. The van der Waals surface area contributed by atoms with E-state index in [0.29, 0.717) is 10.8 Å². The minimum absolute atomic E-state index is 0.377. The van der Waals surface area contributed by atoms with Crippen molar-refractivity contribution in [3.05, 3.63) is 35.5 Å². The van der Waals surface area contributed by atoms with Gasteiger partial charge in [-0.1, -0.05) is 37.5 Å². The van der Waals surface area contributed by atoms with Crippen molar-refractivity contribution in [2.45, 2.75) is 37.0 Å². The minimum Gasteiger partial charge on any atom is -0.283 e. The number of allylic oxidation sites excluding steroid dienone is 1. The summed E-state index contributed by atoms with van der Waals surface area (Å²) in [5.41, 5.74) is 1.70. The van der Waals surface area contributed by atoms with E-state index in [1.807, 2.05) is 18.2 Å². The number of fused-ring (bicyclic) bond motifs is 1. The molecule has 3 nitrogen and oxygen atoms in total. The lowest BCUT2D eigenvalue weighted by molar-refractivity contribution is 0.396. The zero-order valence-corrected chi connectivity index (χ0v) is 11.0. The first-order chi connectivity index (χ1) is 8.67. The first-order valence-corrected chi connectivity index (χ1v) is 7.98. The molecule has 0 atom stereocenters. The zero-order valence-electron chi connectivity index (χ0n) is 10.2. The second kappa shape index (κ2) is 4.43. The van der Waals surface area contributed by atoms with Crippen molar-refractivity contribution in [3.8, 4) is 0 Å². The van der Waals surface area contributed by atoms with Crippen LogP contribution in [0, 0.1) is 5.92 Å². The van der Waals surface area contributed by atoms with E-state index < -0.39 is 10.0 Å². The molecule has 1 aliphatic heterocycles. The Kier molecular flexibility index (Phi) is 2.90. The molecule has 3 rings (SSSR count). The Bertz CT molecular complexity index is 584. The van der Waals surface area contributed by atoms with Crippen molar-refractivity contribution in [2.75, 3.05) is 0 Å². The van der Waals surface area contributed by atoms with E-state index in [1.165, 1.54) is 19.3 Å². The van der Waals surface area contributed by atoms with Crippen LogP contribution in [-0.2, 0) is 10.0 Å². The van der Waals surface area contributed by atoms with Gasteiger partial charge in [-0.3, -0.25) is 4.72 Å². The van der Waals surface area contributed by atoms with E-state index in [2.05, 4.69) is 4.72 Å². The van der Waals surface area contributed by atoms with E-state index in [1.54, 1.807) is 12.1 Å². The van der Waals surface area contributed by atoms with Crippen LogP contribution in [0.4, 0.5) is 0 Å². The summed E-state index contributed by atoms with van der Waals surface area (Å²) in [6.07, 6.45) is 7.86. The van der Waals surface area contributed by atoms with Crippen molar-refractivity contribution < 1.29 is 8.42 Å². The maximum Gasteiger partial charge on any atom is 0.262 e. The molecule has 0 radical (unpaired) electrons. The largest absolute Gasteiger partial charge is 0.283 e. The Morgan fingerprint density at radius 3 is 2.56 bits per heavy atom. The van der Waals surface area contributed by atoms with Crippen LogP contribution < -0.4 is 4.72 Å². The number of hydrogen-bond donors (Lipinski definition) is 1. The summed E-state index contributed by atoms with van der Waals surface area (Å²) in [6.45, 7) is 0. The molecule has 1 saturated carbocycles. The third-order valence-electron chi connectivity index (χ3n) is 3.82. The number of rotatable bonds is 1. The molecule has 0 saturated heterocycles. The molecule has 1 heterocycles. The highest BCUT2D eigenvalue weighted by Crippen LogP contribution is 2.33. The van der Waals surface area contributed by atoms with Crippen molar-refractivity contribution in [3.63, 3.8) is 0 Å². The normalized spacial score (nSPS) is 22.8. The number of benzene rings is 1. The molecule has 0 amide bonds. The van der Waals surface area contributed by atoms with Crippen molar-refractivity contribution in [1.29, 1.82) is 0 Å². The van der Waals surface area contributed by atoms with Gasteiger partial charge in [0.2, 0.25) is 0 Å². The fraction of sp³-hybridized carbons (Fsp3) is 0.429. The third kappa shape index (κ3) is 2.05. The van der Waals surface area contributed by atoms with Gasteiger partial charge in [0.15, 0.2) is 0 Å². The zero-order chi connectivity index (χ0) is 12.6. The van der Waals surface area contributed by atoms with Crippen molar-refractivity contribution in [1.82, 2.24) is 4.72 Å². The van der Waals surface area contributed by atoms with Gasteiger partial charge in [0.1, 0.15) is 0 Å². The van der Waals surface area contributed by atoms with Crippen LogP contribution in [0.15, 0.2) is 34.9 Å². The Morgan fingerprint density at radius 2 is 1.78 bits per heavy atom. The topological polar surface area (TPSA) is 46.2 Å². The molecule has 1 aromatic carbocycles. The van der Waals surface area contributed by atoms with E-state index in [4.69, 9.17) is 0 Å². The molecule has 4 heteroatoms. The van der Waals surface area contributed by atoms with E-state index in [-0.39, 0.29) is 0 Å². The van der Waals surface area contributed by atoms with Crippen molar-refractivity contribution in [2.24, 2.45) is 5.92 Å². The Labute approximate surface area is 108 Å². The monoisotopic (exact) mass is 263 g/mol. The lowest BCUT2D eigenvalue weighted by Crippen LogP contribution is -2.31. The van der Waals surface area contributed by atoms with Gasteiger partial charge >= 0.3 is 0 Å². The lowest BCUT2D eigenvalue weighted by atomic mass is 9.86. The first kappa shape index (κ1) is 11.8. The molecule has 2 aliphatic rings. The average molecular weight is 263 g/mol. The van der Waals surface area contributed by atoms with Crippen LogP contribution >= 0.6 is 0 Å². The number of nitrogens with one attached hydrogen (secondary N) is 1. The molecule has 1 aliphatic carbocycles. The molecule has 18 heavy (non-hydrogen) atoms. The van der Waals surface area contributed by atoms with Gasteiger partial charge in [-0.2, -0.15) is 0 Å². The van der Waals surface area contributed by atoms with Crippen LogP contribution in [0.2, 0.25) is 0 Å². The molecule has 96 valence electrons. The fourth-order valence-corrected chi connectivity index (χ4v) is 4.21. The average Bonchev–Trinajstić information content (AvgIpc) is 2.39. The summed E-state index contributed by atoms with van der Waals surface area (Å²) in [5, 5.41) is 0. The van der Waals surface area contributed by atoms with Gasteiger partial charge in [0.05, 0.1) is 4.90 Å². The highest BCUT2D eigenvalue weighted by molar-refractivity contribution is 7.89. The maximum atomic E-state index is 12.2. The highest BCUT2D eigenvalue weighted by Gasteiger charge is 2.28. The maximum absolute atomic E-state index is 12.2. The van der Waals surface area contributed by atoms with E-state index in [9.17, 15) is 8.42 Å². The van der Waals surface area contributed by atoms with Gasteiger partial charge in [-0.05, 0) is 36.5 Å². The molecular weight excluding hydrogens is 246 g/mol. The Hall–Kier alpha value is -1.29. The van der Waals surface area contributed by atoms with Crippen LogP contribution in [0.5, 0.6) is 0 Å². The summed E-state index contributed by atoms with van der Waals surface area (Å²) >= 11 is 0. The van der Waals surface area contributed by atoms with Crippen LogP contribution in [0.3, 0.4) is 0 Å². The summed E-state index contributed by atoms with van der Waals surface area (Å²) in [5.74, 6) is 0.377. The Morgan fingerprint density at radius 1 is 1.06 bits per heavy atom. The molecule has 1 aromatic rings. The summed E-state index contributed by atoms with van der Waals surface area (Å²) in [7, 11) is -3.36. The predicted octanol–water partition coefficient (Wildman–Crippen LogP) is 2.90. The second-order valence-electron chi connectivity index (χ2n) is 5.08. The molecule has 0 bridgehead atoms. The molecule has 1 N–H and O–H groups in total. The van der Waals surface area contributed by atoms with E-state index >= 15 is 0 Å². The standard InChI is InChI=1S/C14H17NO2S/c16-18(17)14-9-5-4-8-12(14)10-13(15-18)11-6-2-1-3-7-11/h4-5,8-11,15H,1-3,6-7H2. The van der Waals surface area contributed by atoms with Crippen LogP contribution in [0.1, 0.15) is 37.7 Å². The highest BCUT2D eigenvalue weighted by atomic mass is 32.2. The smallest absolute Gasteiger partial charge is 0.262 e. The summed E-state index contributed by atoms with van der Waals surface area (Å²) in [4.78, 5) is 0.393. The Balaban J connectivity index is 2.01. The molecule has 0 spiro atoms. The predicted molar refractivity (Wildman–Crippen MR) is 71.3 cm³/mol. The quantitative estimate of drug-likeness (QED) is 0.846. The molecule has 1 fully saturated rings.